The standard InChI is InChI=1S/C22H29N3O/c1-17-13-18(2)22(19(3)14-17)23-15-21(26)25-11-9-24(10-12-25)16-20-7-5-4-6-8-20/h4-8,13-14,23H,9-12,15-16H2,1-3H3. The first-order valence-corrected chi connectivity index (χ1v) is 9.38. The SMILES string of the molecule is Cc1cc(C)c(NCC(=O)N2CCN(Cc3ccccc3)CC2)c(C)c1. The molecule has 0 unspecified atom stereocenters. The topological polar surface area (TPSA) is 35.6 Å². The molecule has 1 aliphatic heterocycles. The maximum Gasteiger partial charge on any atom is 0.241 e. The predicted molar refractivity (Wildman–Crippen MR) is 107 cm³/mol. The van der Waals surface area contributed by atoms with Gasteiger partial charge in [-0.25, -0.2) is 0 Å². The molecule has 4 nitrogen and oxygen atoms in total. The van der Waals surface area contributed by atoms with Crippen molar-refractivity contribution in [2.75, 3.05) is 38.0 Å². The van der Waals surface area contributed by atoms with Crippen LogP contribution in [0.2, 0.25) is 0 Å². The van der Waals surface area contributed by atoms with Crippen molar-refractivity contribution in [3.05, 3.63) is 64.7 Å². The van der Waals surface area contributed by atoms with E-state index in [1.807, 2.05) is 11.0 Å². The first-order valence-electron chi connectivity index (χ1n) is 9.38. The molecule has 1 amide bonds. The molecule has 26 heavy (non-hydrogen) atoms. The third kappa shape index (κ3) is 4.64. The minimum Gasteiger partial charge on any atom is -0.376 e. The quantitative estimate of drug-likeness (QED) is 0.897. The summed E-state index contributed by atoms with van der Waals surface area (Å²) in [6.45, 7) is 11.1. The molecular weight excluding hydrogens is 322 g/mol. The Morgan fingerprint density at radius 1 is 0.962 bits per heavy atom. The van der Waals surface area contributed by atoms with E-state index in [9.17, 15) is 4.79 Å². The number of aryl methyl sites for hydroxylation is 3. The molecule has 4 heteroatoms. The average Bonchev–Trinajstić information content (AvgIpc) is 2.62. The molecule has 2 aromatic rings. The summed E-state index contributed by atoms with van der Waals surface area (Å²) >= 11 is 0. The minimum atomic E-state index is 0.184. The number of nitrogens with one attached hydrogen (secondary N) is 1. The highest BCUT2D eigenvalue weighted by atomic mass is 16.2. The van der Waals surface area contributed by atoms with Crippen LogP contribution in [0.1, 0.15) is 22.3 Å². The van der Waals surface area contributed by atoms with Crippen LogP contribution >= 0.6 is 0 Å². The number of benzene rings is 2. The minimum absolute atomic E-state index is 0.184. The summed E-state index contributed by atoms with van der Waals surface area (Å²) in [5, 5.41) is 3.35. The summed E-state index contributed by atoms with van der Waals surface area (Å²) in [6.07, 6.45) is 0. The second kappa shape index (κ2) is 8.37. The van der Waals surface area contributed by atoms with Crippen LogP contribution < -0.4 is 5.32 Å². The van der Waals surface area contributed by atoms with E-state index in [-0.39, 0.29) is 5.91 Å². The van der Waals surface area contributed by atoms with Crippen LogP contribution in [0, 0.1) is 20.8 Å². The van der Waals surface area contributed by atoms with Gasteiger partial charge in [-0.3, -0.25) is 9.69 Å². The molecule has 1 saturated heterocycles. The van der Waals surface area contributed by atoms with Crippen molar-refractivity contribution in [2.24, 2.45) is 0 Å². The van der Waals surface area contributed by atoms with E-state index in [0.29, 0.717) is 6.54 Å². The predicted octanol–water partition coefficient (Wildman–Crippen LogP) is 3.37. The monoisotopic (exact) mass is 351 g/mol. The number of amides is 1. The molecule has 0 aromatic heterocycles. The lowest BCUT2D eigenvalue weighted by molar-refractivity contribution is -0.131. The molecule has 0 radical (unpaired) electrons. The Labute approximate surface area is 156 Å². The van der Waals surface area contributed by atoms with Gasteiger partial charge in [-0.15, -0.1) is 0 Å². The molecule has 3 rings (SSSR count). The highest BCUT2D eigenvalue weighted by Gasteiger charge is 2.21. The first kappa shape index (κ1) is 18.5. The molecule has 1 N–H and O–H groups in total. The van der Waals surface area contributed by atoms with E-state index in [2.05, 4.69) is 67.4 Å². The van der Waals surface area contributed by atoms with Gasteiger partial charge < -0.3 is 10.2 Å². The average molecular weight is 351 g/mol. The first-order chi connectivity index (χ1) is 12.5. The molecule has 0 bridgehead atoms. The van der Waals surface area contributed by atoms with Crippen LogP contribution in [0.25, 0.3) is 0 Å². The molecule has 0 aliphatic carbocycles. The molecular formula is C22H29N3O. The smallest absolute Gasteiger partial charge is 0.241 e. The Bertz CT molecular complexity index is 726. The number of anilines is 1. The van der Waals surface area contributed by atoms with Crippen LogP contribution in [0.15, 0.2) is 42.5 Å². The number of hydrogen-bond donors (Lipinski definition) is 1. The highest BCUT2D eigenvalue weighted by molar-refractivity contribution is 5.81. The van der Waals surface area contributed by atoms with Crippen molar-refractivity contribution < 1.29 is 4.79 Å². The molecule has 2 aromatic carbocycles. The fraction of sp³-hybridized carbons (Fsp3) is 0.409. The Kier molecular flexibility index (Phi) is 5.94. The van der Waals surface area contributed by atoms with E-state index >= 15 is 0 Å². The third-order valence-corrected chi connectivity index (χ3v) is 5.07. The largest absolute Gasteiger partial charge is 0.376 e. The third-order valence-electron chi connectivity index (χ3n) is 5.07. The number of carbonyl (C=O) groups excluding carboxylic acids is 1. The van der Waals surface area contributed by atoms with Gasteiger partial charge in [-0.1, -0.05) is 48.0 Å². The number of nitrogens with zero attached hydrogens (tertiary/aromatic N) is 2. The van der Waals surface area contributed by atoms with Gasteiger partial charge in [0.2, 0.25) is 5.91 Å². The zero-order valence-corrected chi connectivity index (χ0v) is 16.1. The molecule has 0 spiro atoms. The lowest BCUT2D eigenvalue weighted by Crippen LogP contribution is -2.49. The lowest BCUT2D eigenvalue weighted by Gasteiger charge is -2.35. The van der Waals surface area contributed by atoms with Gasteiger partial charge in [0.1, 0.15) is 0 Å². The van der Waals surface area contributed by atoms with Crippen molar-refractivity contribution in [2.45, 2.75) is 27.3 Å². The van der Waals surface area contributed by atoms with Gasteiger partial charge in [0.25, 0.3) is 0 Å². The fourth-order valence-corrected chi connectivity index (χ4v) is 3.73. The second-order valence-corrected chi connectivity index (χ2v) is 7.27. The van der Waals surface area contributed by atoms with Crippen molar-refractivity contribution in [3.63, 3.8) is 0 Å². The van der Waals surface area contributed by atoms with E-state index in [4.69, 9.17) is 0 Å². The zero-order valence-electron chi connectivity index (χ0n) is 16.1. The highest BCUT2D eigenvalue weighted by Crippen LogP contribution is 2.21. The van der Waals surface area contributed by atoms with Crippen LogP contribution in [0.4, 0.5) is 5.69 Å². The summed E-state index contributed by atoms with van der Waals surface area (Å²) in [5.74, 6) is 0.184. The molecule has 1 aliphatic rings. The normalized spacial score (nSPS) is 15.1. The Hall–Kier alpha value is -2.33. The Morgan fingerprint density at radius 3 is 2.19 bits per heavy atom. The second-order valence-electron chi connectivity index (χ2n) is 7.27. The van der Waals surface area contributed by atoms with Crippen molar-refractivity contribution in [1.29, 1.82) is 0 Å². The maximum absolute atomic E-state index is 12.6. The Morgan fingerprint density at radius 2 is 1.58 bits per heavy atom. The molecule has 1 fully saturated rings. The number of hydrogen-bond acceptors (Lipinski definition) is 3. The van der Waals surface area contributed by atoms with Gasteiger partial charge in [-0.2, -0.15) is 0 Å². The molecule has 138 valence electrons. The van der Waals surface area contributed by atoms with E-state index in [1.165, 1.54) is 22.3 Å². The van der Waals surface area contributed by atoms with E-state index in [1.54, 1.807) is 0 Å². The zero-order chi connectivity index (χ0) is 18.5. The summed E-state index contributed by atoms with van der Waals surface area (Å²) < 4.78 is 0. The van der Waals surface area contributed by atoms with Gasteiger partial charge in [0.05, 0.1) is 6.54 Å². The van der Waals surface area contributed by atoms with Gasteiger partial charge in [0.15, 0.2) is 0 Å². The van der Waals surface area contributed by atoms with Crippen LogP contribution in [0.3, 0.4) is 0 Å². The molecule has 1 heterocycles. The summed E-state index contributed by atoms with van der Waals surface area (Å²) in [5.41, 5.74) is 6.07. The van der Waals surface area contributed by atoms with Gasteiger partial charge >= 0.3 is 0 Å². The number of piperazine rings is 1. The van der Waals surface area contributed by atoms with Crippen LogP contribution in [-0.2, 0) is 11.3 Å². The summed E-state index contributed by atoms with van der Waals surface area (Å²) in [7, 11) is 0. The number of rotatable bonds is 5. The van der Waals surface area contributed by atoms with Gasteiger partial charge in [0, 0.05) is 38.4 Å². The molecule has 0 atom stereocenters. The van der Waals surface area contributed by atoms with Gasteiger partial charge in [-0.05, 0) is 37.5 Å². The van der Waals surface area contributed by atoms with Crippen molar-refractivity contribution in [1.82, 2.24) is 9.80 Å². The van der Waals surface area contributed by atoms with E-state index in [0.717, 1.165) is 38.4 Å². The van der Waals surface area contributed by atoms with Crippen molar-refractivity contribution in [3.8, 4) is 0 Å². The number of carbonyl (C=O) groups is 1. The van der Waals surface area contributed by atoms with Crippen molar-refractivity contribution >= 4 is 11.6 Å². The fourth-order valence-electron chi connectivity index (χ4n) is 3.73. The molecule has 0 saturated carbocycles. The van der Waals surface area contributed by atoms with Crippen LogP contribution in [-0.4, -0.2) is 48.4 Å². The lowest BCUT2D eigenvalue weighted by atomic mass is 10.1. The maximum atomic E-state index is 12.6. The van der Waals surface area contributed by atoms with Crippen LogP contribution in [0.5, 0.6) is 0 Å². The Balaban J connectivity index is 1.48. The summed E-state index contributed by atoms with van der Waals surface area (Å²) in [4.78, 5) is 17.0. The van der Waals surface area contributed by atoms with E-state index < -0.39 is 0 Å². The summed E-state index contributed by atoms with van der Waals surface area (Å²) in [6, 6.07) is 14.8.